The van der Waals surface area contributed by atoms with E-state index in [4.69, 9.17) is 18.9 Å². The number of esters is 2. The van der Waals surface area contributed by atoms with Crippen LogP contribution in [0.5, 0.6) is 0 Å². The SMILES string of the molecule is CC/C=C\C/C=C\C/C=C\CCCCCC(=O)OC(COC(=O)CCCCCCCCCCCCCC)COC1OC(CO)C(O)C(O)C1O. The maximum absolute atomic E-state index is 12.7. The molecule has 6 atom stereocenters. The highest BCUT2D eigenvalue weighted by Crippen LogP contribution is 2.22. The normalized spacial score (nSPS) is 21.8. The van der Waals surface area contributed by atoms with Gasteiger partial charge in [-0.2, -0.15) is 0 Å². The Morgan fingerprint density at radius 1 is 0.640 bits per heavy atom. The van der Waals surface area contributed by atoms with Gasteiger partial charge < -0.3 is 39.4 Å². The lowest BCUT2D eigenvalue weighted by atomic mass is 9.99. The standard InChI is InChI=1S/C40H70O10/c1-3-5-7-9-11-13-15-17-19-21-23-25-27-29-36(43)49-33(32-48-40-39(46)38(45)37(44)34(30-41)50-40)31-47-35(42)28-26-24-22-20-18-16-14-12-10-8-6-4-2/h5,7,11,13,17,19,33-34,37-41,44-46H,3-4,6,8-10,12,14-16,18,20-32H2,1-2H3/b7-5-,13-11-,19-17-. The molecule has 290 valence electrons. The topological polar surface area (TPSA) is 152 Å². The van der Waals surface area contributed by atoms with Crippen LogP contribution in [0.3, 0.4) is 0 Å². The first-order valence-corrected chi connectivity index (χ1v) is 19.6. The fourth-order valence-electron chi connectivity index (χ4n) is 5.67. The molecule has 0 aromatic rings. The van der Waals surface area contributed by atoms with Gasteiger partial charge in [-0.3, -0.25) is 9.59 Å². The number of unbranched alkanes of at least 4 members (excludes halogenated alkanes) is 14. The number of hydrogen-bond acceptors (Lipinski definition) is 10. The first-order chi connectivity index (χ1) is 24.3. The number of rotatable bonds is 31. The van der Waals surface area contributed by atoms with Crippen molar-refractivity contribution in [2.75, 3.05) is 19.8 Å². The van der Waals surface area contributed by atoms with Gasteiger partial charge in [-0.15, -0.1) is 0 Å². The van der Waals surface area contributed by atoms with Crippen molar-refractivity contribution < 1.29 is 49.0 Å². The number of aliphatic hydroxyl groups is 4. The molecule has 0 saturated carbocycles. The molecule has 1 aliphatic heterocycles. The molecule has 1 fully saturated rings. The second kappa shape index (κ2) is 31.6. The van der Waals surface area contributed by atoms with E-state index in [1.807, 2.05) is 0 Å². The van der Waals surface area contributed by atoms with Crippen molar-refractivity contribution in [3.63, 3.8) is 0 Å². The Morgan fingerprint density at radius 2 is 1.18 bits per heavy atom. The van der Waals surface area contributed by atoms with Crippen LogP contribution in [-0.4, -0.2) is 89.0 Å². The van der Waals surface area contributed by atoms with Gasteiger partial charge in [0.2, 0.25) is 0 Å². The molecule has 0 aliphatic carbocycles. The van der Waals surface area contributed by atoms with Crippen molar-refractivity contribution in [3.05, 3.63) is 36.5 Å². The summed E-state index contributed by atoms with van der Waals surface area (Å²) in [4.78, 5) is 25.1. The fraction of sp³-hybridized carbons (Fsp3) is 0.800. The Hall–Kier alpha value is -2.08. The van der Waals surface area contributed by atoms with Crippen molar-refractivity contribution in [3.8, 4) is 0 Å². The molecule has 0 amide bonds. The van der Waals surface area contributed by atoms with Crippen LogP contribution in [-0.2, 0) is 28.5 Å². The second-order valence-corrected chi connectivity index (χ2v) is 13.4. The minimum Gasteiger partial charge on any atom is -0.462 e. The summed E-state index contributed by atoms with van der Waals surface area (Å²) < 4.78 is 22.0. The molecule has 1 rings (SSSR count). The van der Waals surface area contributed by atoms with E-state index in [9.17, 15) is 30.0 Å². The van der Waals surface area contributed by atoms with E-state index < -0.39 is 49.4 Å². The monoisotopic (exact) mass is 710 g/mol. The van der Waals surface area contributed by atoms with Crippen LogP contribution >= 0.6 is 0 Å². The van der Waals surface area contributed by atoms with Gasteiger partial charge in [-0.1, -0.05) is 127 Å². The summed E-state index contributed by atoms with van der Waals surface area (Å²) in [5.41, 5.74) is 0. The lowest BCUT2D eigenvalue weighted by Crippen LogP contribution is -2.59. The summed E-state index contributed by atoms with van der Waals surface area (Å²) in [6.45, 7) is 3.25. The highest BCUT2D eigenvalue weighted by atomic mass is 16.7. The van der Waals surface area contributed by atoms with Crippen LogP contribution in [0.25, 0.3) is 0 Å². The van der Waals surface area contributed by atoms with Gasteiger partial charge in [0.25, 0.3) is 0 Å². The third-order valence-electron chi connectivity index (χ3n) is 8.79. The van der Waals surface area contributed by atoms with Gasteiger partial charge in [-0.25, -0.2) is 0 Å². The molecule has 0 bridgehead atoms. The molecular weight excluding hydrogens is 640 g/mol. The molecule has 0 radical (unpaired) electrons. The van der Waals surface area contributed by atoms with Gasteiger partial charge in [0, 0.05) is 12.8 Å². The third-order valence-corrected chi connectivity index (χ3v) is 8.79. The van der Waals surface area contributed by atoms with Crippen LogP contribution in [0.4, 0.5) is 0 Å². The molecule has 1 saturated heterocycles. The molecule has 50 heavy (non-hydrogen) atoms. The summed E-state index contributed by atoms with van der Waals surface area (Å²) in [6.07, 6.45) is 25.9. The minimum atomic E-state index is -1.60. The van der Waals surface area contributed by atoms with E-state index in [0.717, 1.165) is 57.8 Å². The molecule has 0 aromatic heterocycles. The number of carbonyl (C=O) groups excluding carboxylic acids is 2. The zero-order chi connectivity index (χ0) is 36.7. The molecule has 10 heteroatoms. The predicted molar refractivity (Wildman–Crippen MR) is 196 cm³/mol. The van der Waals surface area contributed by atoms with E-state index in [0.29, 0.717) is 6.42 Å². The first kappa shape index (κ1) is 45.9. The maximum atomic E-state index is 12.7. The zero-order valence-corrected chi connectivity index (χ0v) is 31.1. The quantitative estimate of drug-likeness (QED) is 0.0331. The Bertz CT molecular complexity index is 918. The Kier molecular flexibility index (Phi) is 29.1. The highest BCUT2D eigenvalue weighted by Gasteiger charge is 2.44. The largest absolute Gasteiger partial charge is 0.462 e. The number of allylic oxidation sites excluding steroid dienone is 6. The smallest absolute Gasteiger partial charge is 0.306 e. The van der Waals surface area contributed by atoms with Gasteiger partial charge in [-0.05, 0) is 44.9 Å². The van der Waals surface area contributed by atoms with Crippen LogP contribution in [0.15, 0.2) is 36.5 Å². The van der Waals surface area contributed by atoms with E-state index in [-0.39, 0.29) is 32.0 Å². The Labute approximate surface area is 302 Å². The number of hydrogen-bond donors (Lipinski definition) is 4. The summed E-state index contributed by atoms with van der Waals surface area (Å²) in [6, 6.07) is 0. The second-order valence-electron chi connectivity index (χ2n) is 13.4. The zero-order valence-electron chi connectivity index (χ0n) is 31.1. The van der Waals surface area contributed by atoms with Crippen LogP contribution in [0.1, 0.15) is 149 Å². The van der Waals surface area contributed by atoms with Crippen LogP contribution < -0.4 is 0 Å². The number of aliphatic hydroxyl groups excluding tert-OH is 4. The van der Waals surface area contributed by atoms with Crippen LogP contribution in [0.2, 0.25) is 0 Å². The van der Waals surface area contributed by atoms with E-state index in [1.165, 1.54) is 57.8 Å². The summed E-state index contributed by atoms with van der Waals surface area (Å²) in [7, 11) is 0. The molecule has 0 aromatic carbocycles. The molecule has 4 N–H and O–H groups in total. The lowest BCUT2D eigenvalue weighted by molar-refractivity contribution is -0.305. The van der Waals surface area contributed by atoms with Crippen molar-refractivity contribution >= 4 is 11.9 Å². The van der Waals surface area contributed by atoms with E-state index in [1.54, 1.807) is 0 Å². The maximum Gasteiger partial charge on any atom is 0.306 e. The third kappa shape index (κ3) is 23.4. The molecule has 6 unspecified atom stereocenters. The van der Waals surface area contributed by atoms with E-state index >= 15 is 0 Å². The predicted octanol–water partition coefficient (Wildman–Crippen LogP) is 7.16. The van der Waals surface area contributed by atoms with Gasteiger partial charge in [0.15, 0.2) is 12.4 Å². The van der Waals surface area contributed by atoms with Gasteiger partial charge >= 0.3 is 11.9 Å². The Morgan fingerprint density at radius 3 is 1.78 bits per heavy atom. The number of carbonyl (C=O) groups is 2. The van der Waals surface area contributed by atoms with Crippen molar-refractivity contribution in [1.82, 2.24) is 0 Å². The fourth-order valence-corrected chi connectivity index (χ4v) is 5.67. The highest BCUT2D eigenvalue weighted by molar-refractivity contribution is 5.70. The minimum absolute atomic E-state index is 0.196. The molecule has 0 spiro atoms. The molecule has 1 aliphatic rings. The summed E-state index contributed by atoms with van der Waals surface area (Å²) in [5, 5.41) is 39.9. The summed E-state index contributed by atoms with van der Waals surface area (Å²) >= 11 is 0. The lowest BCUT2D eigenvalue weighted by Gasteiger charge is -2.39. The van der Waals surface area contributed by atoms with Crippen molar-refractivity contribution in [1.29, 1.82) is 0 Å². The average Bonchev–Trinajstić information content (AvgIpc) is 3.11. The molecular formula is C40H70O10. The van der Waals surface area contributed by atoms with Crippen molar-refractivity contribution in [2.24, 2.45) is 0 Å². The first-order valence-electron chi connectivity index (χ1n) is 19.6. The summed E-state index contributed by atoms with van der Waals surface area (Å²) in [5.74, 6) is -0.843. The van der Waals surface area contributed by atoms with Crippen molar-refractivity contribution in [2.45, 2.75) is 185 Å². The Balaban J connectivity index is 2.42. The molecule has 1 heterocycles. The van der Waals surface area contributed by atoms with Crippen LogP contribution in [0, 0.1) is 0 Å². The van der Waals surface area contributed by atoms with Gasteiger partial charge in [0.05, 0.1) is 13.2 Å². The van der Waals surface area contributed by atoms with E-state index in [2.05, 4.69) is 50.3 Å². The van der Waals surface area contributed by atoms with Gasteiger partial charge in [0.1, 0.15) is 31.0 Å². The average molecular weight is 711 g/mol. The number of ether oxygens (including phenoxy) is 4. The molecule has 10 nitrogen and oxygen atoms in total.